The highest BCUT2D eigenvalue weighted by Crippen LogP contribution is 2.25. The lowest BCUT2D eigenvalue weighted by atomic mass is 10.2. The number of ether oxygens (including phenoxy) is 1. The lowest BCUT2D eigenvalue weighted by Gasteiger charge is -2.08. The number of rotatable bonds is 6. The lowest BCUT2D eigenvalue weighted by Crippen LogP contribution is -2.11. The van der Waals surface area contributed by atoms with Gasteiger partial charge in [0.05, 0.1) is 3.79 Å². The molecule has 0 aliphatic heterocycles. The zero-order valence-electron chi connectivity index (χ0n) is 10.6. The fraction of sp³-hybridized carbons (Fsp3) is 0.286. The standard InChI is InChI=1S/C14H15BrFNOS/c1-2-17-8-10-3-5-13(12(16)7-10)18-9-11-4-6-14(15)19-11/h3-7,17H,2,8-9H2,1H3. The van der Waals surface area contributed by atoms with E-state index >= 15 is 0 Å². The molecule has 0 fully saturated rings. The Bertz CT molecular complexity index is 544. The van der Waals surface area contributed by atoms with Crippen LogP contribution in [0.25, 0.3) is 0 Å². The minimum Gasteiger partial charge on any atom is -0.485 e. The van der Waals surface area contributed by atoms with Gasteiger partial charge in [0.15, 0.2) is 11.6 Å². The van der Waals surface area contributed by atoms with Crippen molar-refractivity contribution in [2.24, 2.45) is 0 Å². The topological polar surface area (TPSA) is 21.3 Å². The van der Waals surface area contributed by atoms with Crippen molar-refractivity contribution in [1.82, 2.24) is 5.32 Å². The minimum atomic E-state index is -0.314. The molecule has 0 amide bonds. The van der Waals surface area contributed by atoms with Crippen LogP contribution in [0.15, 0.2) is 34.1 Å². The van der Waals surface area contributed by atoms with E-state index < -0.39 is 0 Å². The molecule has 0 unspecified atom stereocenters. The van der Waals surface area contributed by atoms with Crippen LogP contribution in [-0.4, -0.2) is 6.54 Å². The van der Waals surface area contributed by atoms with Crippen molar-refractivity contribution in [3.63, 3.8) is 0 Å². The molecule has 19 heavy (non-hydrogen) atoms. The molecule has 1 N–H and O–H groups in total. The van der Waals surface area contributed by atoms with E-state index in [1.165, 1.54) is 6.07 Å². The number of nitrogens with one attached hydrogen (secondary N) is 1. The summed E-state index contributed by atoms with van der Waals surface area (Å²) in [6.45, 7) is 3.95. The van der Waals surface area contributed by atoms with Crippen molar-refractivity contribution in [3.8, 4) is 5.75 Å². The van der Waals surface area contributed by atoms with E-state index in [4.69, 9.17) is 4.74 Å². The van der Waals surface area contributed by atoms with Crippen LogP contribution in [0.4, 0.5) is 4.39 Å². The molecular formula is C14H15BrFNOS. The van der Waals surface area contributed by atoms with E-state index in [0.29, 0.717) is 18.9 Å². The van der Waals surface area contributed by atoms with Gasteiger partial charge in [-0.2, -0.15) is 0 Å². The maximum atomic E-state index is 13.8. The van der Waals surface area contributed by atoms with Crippen LogP contribution in [0.3, 0.4) is 0 Å². The first-order valence-electron chi connectivity index (χ1n) is 6.05. The van der Waals surface area contributed by atoms with E-state index in [9.17, 15) is 4.39 Å². The predicted octanol–water partition coefficient (Wildman–Crippen LogP) is 4.34. The van der Waals surface area contributed by atoms with Crippen LogP contribution in [-0.2, 0) is 13.2 Å². The van der Waals surface area contributed by atoms with Gasteiger partial charge in [-0.05, 0) is 52.3 Å². The van der Waals surface area contributed by atoms with E-state index in [1.54, 1.807) is 17.4 Å². The fourth-order valence-electron chi connectivity index (χ4n) is 1.62. The van der Waals surface area contributed by atoms with Crippen molar-refractivity contribution in [2.75, 3.05) is 6.54 Å². The molecule has 0 saturated heterocycles. The van der Waals surface area contributed by atoms with Crippen LogP contribution in [0, 0.1) is 5.82 Å². The van der Waals surface area contributed by atoms with Gasteiger partial charge in [0.25, 0.3) is 0 Å². The molecule has 2 aromatic rings. The third-order valence-corrected chi connectivity index (χ3v) is 4.17. The fourth-order valence-corrected chi connectivity index (χ4v) is 3.02. The number of thiophene rings is 1. The second-order valence-electron chi connectivity index (χ2n) is 4.04. The Kier molecular flexibility index (Phi) is 5.36. The molecule has 0 aliphatic rings. The Labute approximate surface area is 124 Å². The SMILES string of the molecule is CCNCc1ccc(OCc2ccc(Br)s2)c(F)c1. The van der Waals surface area contributed by atoms with Gasteiger partial charge in [-0.15, -0.1) is 11.3 Å². The summed E-state index contributed by atoms with van der Waals surface area (Å²) in [6.07, 6.45) is 0. The normalized spacial score (nSPS) is 10.7. The average molecular weight is 344 g/mol. The summed E-state index contributed by atoms with van der Waals surface area (Å²) >= 11 is 4.97. The zero-order chi connectivity index (χ0) is 13.7. The quantitative estimate of drug-likeness (QED) is 0.842. The summed E-state index contributed by atoms with van der Waals surface area (Å²) in [7, 11) is 0. The Hall–Kier alpha value is -0.910. The summed E-state index contributed by atoms with van der Waals surface area (Å²) in [5.74, 6) is -0.0178. The van der Waals surface area contributed by atoms with E-state index in [1.807, 2.05) is 25.1 Å². The molecule has 2 nitrogen and oxygen atoms in total. The molecule has 0 atom stereocenters. The van der Waals surface area contributed by atoms with Gasteiger partial charge >= 0.3 is 0 Å². The Morgan fingerprint density at radius 3 is 2.79 bits per heavy atom. The molecule has 0 bridgehead atoms. The van der Waals surface area contributed by atoms with Gasteiger partial charge in [0, 0.05) is 11.4 Å². The van der Waals surface area contributed by atoms with Crippen molar-refractivity contribution >= 4 is 27.3 Å². The van der Waals surface area contributed by atoms with Gasteiger partial charge in [-0.25, -0.2) is 4.39 Å². The number of halogens is 2. The summed E-state index contributed by atoms with van der Waals surface area (Å²) < 4.78 is 20.4. The Morgan fingerprint density at radius 1 is 1.32 bits per heavy atom. The van der Waals surface area contributed by atoms with Gasteiger partial charge < -0.3 is 10.1 Å². The highest BCUT2D eigenvalue weighted by atomic mass is 79.9. The summed E-state index contributed by atoms with van der Waals surface area (Å²) in [6, 6.07) is 9.00. The maximum absolute atomic E-state index is 13.8. The largest absolute Gasteiger partial charge is 0.485 e. The van der Waals surface area contributed by atoms with Gasteiger partial charge in [-0.1, -0.05) is 13.0 Å². The summed E-state index contributed by atoms with van der Waals surface area (Å²) in [5, 5.41) is 3.16. The minimum absolute atomic E-state index is 0.296. The zero-order valence-corrected chi connectivity index (χ0v) is 13.0. The van der Waals surface area contributed by atoms with Crippen LogP contribution in [0.5, 0.6) is 5.75 Å². The second-order valence-corrected chi connectivity index (χ2v) is 6.59. The van der Waals surface area contributed by atoms with E-state index in [0.717, 1.165) is 20.8 Å². The smallest absolute Gasteiger partial charge is 0.165 e. The molecule has 0 aliphatic carbocycles. The first kappa shape index (κ1) is 14.5. The molecule has 1 heterocycles. The first-order chi connectivity index (χ1) is 9.19. The Balaban J connectivity index is 1.96. The predicted molar refractivity (Wildman–Crippen MR) is 80.1 cm³/mol. The molecule has 2 rings (SSSR count). The van der Waals surface area contributed by atoms with Crippen LogP contribution in [0.2, 0.25) is 0 Å². The number of benzene rings is 1. The lowest BCUT2D eigenvalue weighted by molar-refractivity contribution is 0.293. The summed E-state index contributed by atoms with van der Waals surface area (Å²) in [5.41, 5.74) is 0.922. The Morgan fingerprint density at radius 2 is 2.16 bits per heavy atom. The van der Waals surface area contributed by atoms with E-state index in [2.05, 4.69) is 21.2 Å². The van der Waals surface area contributed by atoms with Crippen molar-refractivity contribution in [2.45, 2.75) is 20.1 Å². The highest BCUT2D eigenvalue weighted by molar-refractivity contribution is 9.11. The third kappa shape index (κ3) is 4.30. The van der Waals surface area contributed by atoms with Crippen LogP contribution >= 0.6 is 27.3 Å². The molecule has 5 heteroatoms. The molecule has 0 radical (unpaired) electrons. The van der Waals surface area contributed by atoms with Crippen molar-refractivity contribution in [3.05, 3.63) is 50.4 Å². The number of hydrogen-bond donors (Lipinski definition) is 1. The van der Waals surface area contributed by atoms with Gasteiger partial charge in [0.2, 0.25) is 0 Å². The van der Waals surface area contributed by atoms with Crippen molar-refractivity contribution in [1.29, 1.82) is 0 Å². The second kappa shape index (κ2) is 7.03. The maximum Gasteiger partial charge on any atom is 0.165 e. The highest BCUT2D eigenvalue weighted by Gasteiger charge is 2.06. The third-order valence-electron chi connectivity index (χ3n) is 2.57. The van der Waals surface area contributed by atoms with Crippen LogP contribution < -0.4 is 10.1 Å². The molecular weight excluding hydrogens is 329 g/mol. The number of hydrogen-bond acceptors (Lipinski definition) is 3. The summed E-state index contributed by atoms with van der Waals surface area (Å²) in [4.78, 5) is 1.06. The van der Waals surface area contributed by atoms with Crippen molar-refractivity contribution < 1.29 is 9.13 Å². The molecule has 1 aromatic carbocycles. The molecule has 1 aromatic heterocycles. The van der Waals surface area contributed by atoms with Crippen LogP contribution in [0.1, 0.15) is 17.4 Å². The molecule has 0 saturated carbocycles. The van der Waals surface area contributed by atoms with E-state index in [-0.39, 0.29) is 5.82 Å². The average Bonchev–Trinajstić information content (AvgIpc) is 2.81. The first-order valence-corrected chi connectivity index (χ1v) is 7.66. The monoisotopic (exact) mass is 343 g/mol. The molecule has 102 valence electrons. The van der Waals surface area contributed by atoms with Gasteiger partial charge in [-0.3, -0.25) is 0 Å². The molecule has 0 spiro atoms. The van der Waals surface area contributed by atoms with Gasteiger partial charge in [0.1, 0.15) is 6.61 Å².